The quantitative estimate of drug-likeness (QED) is 0.748. The Kier molecular flexibility index (Phi) is 6.60. The minimum atomic E-state index is -0.920. The van der Waals surface area contributed by atoms with Gasteiger partial charge in [0.25, 0.3) is 0 Å². The van der Waals surface area contributed by atoms with Crippen LogP contribution in [0.15, 0.2) is 18.2 Å². The van der Waals surface area contributed by atoms with Crippen LogP contribution in [-0.2, 0) is 4.79 Å². The minimum absolute atomic E-state index is 0.0957. The largest absolute Gasteiger partial charge is 0.493 e. The summed E-state index contributed by atoms with van der Waals surface area (Å²) < 4.78 is 5.90. The number of hydrogen-bond acceptors (Lipinski definition) is 4. The first-order valence-electron chi connectivity index (χ1n) is 10.4. The van der Waals surface area contributed by atoms with Gasteiger partial charge in [-0.2, -0.15) is 0 Å². The highest BCUT2D eigenvalue weighted by atomic mass is 16.5. The van der Waals surface area contributed by atoms with Crippen molar-refractivity contribution in [2.75, 3.05) is 13.7 Å². The van der Waals surface area contributed by atoms with E-state index in [1.54, 1.807) is 25.1 Å². The first-order valence-corrected chi connectivity index (χ1v) is 10.4. The van der Waals surface area contributed by atoms with Crippen molar-refractivity contribution in [1.82, 2.24) is 4.90 Å². The number of rotatable bonds is 7. The summed E-state index contributed by atoms with van der Waals surface area (Å²) in [5.41, 5.74) is 7.31. The molecule has 0 aromatic heterocycles. The topological polar surface area (TPSA) is 92.9 Å². The van der Waals surface area contributed by atoms with Gasteiger partial charge in [0.1, 0.15) is 5.75 Å². The summed E-state index contributed by atoms with van der Waals surface area (Å²) in [6.07, 6.45) is 7.34. The van der Waals surface area contributed by atoms with E-state index in [0.29, 0.717) is 35.4 Å². The van der Waals surface area contributed by atoms with E-state index in [2.05, 4.69) is 0 Å². The number of carbonyl (C=O) groups is 2. The third-order valence-electron chi connectivity index (χ3n) is 6.57. The Bertz CT molecular complexity index is 708. The lowest BCUT2D eigenvalue weighted by molar-refractivity contribution is -0.136. The second kappa shape index (κ2) is 8.95. The van der Waals surface area contributed by atoms with Gasteiger partial charge < -0.3 is 20.5 Å². The molecule has 28 heavy (non-hydrogen) atoms. The fourth-order valence-corrected chi connectivity index (χ4v) is 4.28. The maximum Gasteiger partial charge on any atom is 0.335 e. The van der Waals surface area contributed by atoms with E-state index < -0.39 is 12.0 Å². The molecule has 1 aromatic rings. The van der Waals surface area contributed by atoms with Crippen LogP contribution in [0.2, 0.25) is 0 Å². The summed E-state index contributed by atoms with van der Waals surface area (Å²) in [6, 6.07) is 5.08. The summed E-state index contributed by atoms with van der Waals surface area (Å²) in [7, 11) is 1.89. The first-order chi connectivity index (χ1) is 13.4. The van der Waals surface area contributed by atoms with E-state index in [9.17, 15) is 9.59 Å². The van der Waals surface area contributed by atoms with Crippen molar-refractivity contribution in [2.24, 2.45) is 17.6 Å². The SMILES string of the molecule is Cc1cc(OCC2CCC([C@H](N)C(=O)N(C)C3CCC3)CC2)ccc1C(=O)O. The molecule has 3 N–H and O–H groups in total. The number of carboxylic acids is 1. The zero-order valence-corrected chi connectivity index (χ0v) is 16.9. The van der Waals surface area contributed by atoms with Crippen molar-refractivity contribution in [3.63, 3.8) is 0 Å². The van der Waals surface area contributed by atoms with Gasteiger partial charge >= 0.3 is 5.97 Å². The van der Waals surface area contributed by atoms with Crippen LogP contribution in [0.25, 0.3) is 0 Å². The third-order valence-corrected chi connectivity index (χ3v) is 6.57. The number of likely N-dealkylation sites (N-methyl/N-ethyl adjacent to an activating group) is 1. The first kappa shape index (κ1) is 20.6. The Balaban J connectivity index is 1.44. The average molecular weight is 389 g/mol. The predicted molar refractivity (Wildman–Crippen MR) is 107 cm³/mol. The molecule has 2 aliphatic carbocycles. The van der Waals surface area contributed by atoms with E-state index in [1.807, 2.05) is 11.9 Å². The van der Waals surface area contributed by atoms with Gasteiger partial charge in [-0.05, 0) is 87.5 Å². The van der Waals surface area contributed by atoms with Crippen LogP contribution >= 0.6 is 0 Å². The van der Waals surface area contributed by atoms with Crippen LogP contribution in [0.4, 0.5) is 0 Å². The molecule has 1 aromatic carbocycles. The van der Waals surface area contributed by atoms with Gasteiger partial charge in [0.2, 0.25) is 5.91 Å². The van der Waals surface area contributed by atoms with Crippen molar-refractivity contribution < 1.29 is 19.4 Å². The van der Waals surface area contributed by atoms with Crippen LogP contribution in [0.3, 0.4) is 0 Å². The number of carboxylic acid groups (broad SMARTS) is 1. The van der Waals surface area contributed by atoms with Gasteiger partial charge in [-0.25, -0.2) is 4.79 Å². The van der Waals surface area contributed by atoms with Crippen molar-refractivity contribution in [1.29, 1.82) is 0 Å². The molecule has 0 aliphatic heterocycles. The van der Waals surface area contributed by atoms with Gasteiger partial charge in [0.15, 0.2) is 0 Å². The lowest BCUT2D eigenvalue weighted by Gasteiger charge is -2.38. The standard InChI is InChI=1S/C22H32N2O4/c1-14-12-18(10-11-19(14)22(26)27)28-13-15-6-8-16(9-7-15)20(23)21(25)24(2)17-4-3-5-17/h10-12,15-17,20H,3-9,13,23H2,1-2H3,(H,26,27)/t15?,16?,20-/m0/s1. The Hall–Kier alpha value is -2.08. The second-order valence-electron chi connectivity index (χ2n) is 8.43. The molecular formula is C22H32N2O4. The number of ether oxygens (including phenoxy) is 1. The normalized spacial score (nSPS) is 23.5. The monoisotopic (exact) mass is 388 g/mol. The number of aromatic carboxylic acids is 1. The van der Waals surface area contributed by atoms with Gasteiger partial charge in [-0.1, -0.05) is 0 Å². The van der Waals surface area contributed by atoms with Crippen LogP contribution < -0.4 is 10.5 Å². The van der Waals surface area contributed by atoms with Crippen LogP contribution in [-0.4, -0.2) is 47.6 Å². The highest BCUT2D eigenvalue weighted by molar-refractivity contribution is 5.89. The molecule has 3 rings (SSSR count). The minimum Gasteiger partial charge on any atom is -0.493 e. The maximum atomic E-state index is 12.6. The molecule has 1 amide bonds. The molecule has 1 atom stereocenters. The van der Waals surface area contributed by atoms with E-state index in [4.69, 9.17) is 15.6 Å². The van der Waals surface area contributed by atoms with Crippen LogP contribution in [0.1, 0.15) is 60.9 Å². The molecule has 0 unspecified atom stereocenters. The summed E-state index contributed by atoms with van der Waals surface area (Å²) in [6.45, 7) is 2.39. The Morgan fingerprint density at radius 3 is 2.43 bits per heavy atom. The molecule has 2 fully saturated rings. The Morgan fingerprint density at radius 2 is 1.89 bits per heavy atom. The predicted octanol–water partition coefficient (Wildman–Crippen LogP) is 3.22. The fraction of sp³-hybridized carbons (Fsp3) is 0.636. The van der Waals surface area contributed by atoms with Crippen LogP contribution in [0, 0.1) is 18.8 Å². The summed E-state index contributed by atoms with van der Waals surface area (Å²) >= 11 is 0. The lowest BCUT2D eigenvalue weighted by atomic mass is 9.78. The summed E-state index contributed by atoms with van der Waals surface area (Å²) in [4.78, 5) is 25.6. The van der Waals surface area contributed by atoms with E-state index in [-0.39, 0.29) is 11.8 Å². The fourth-order valence-electron chi connectivity index (χ4n) is 4.28. The highest BCUT2D eigenvalue weighted by Crippen LogP contribution is 2.32. The summed E-state index contributed by atoms with van der Waals surface area (Å²) in [5, 5.41) is 9.10. The zero-order valence-electron chi connectivity index (χ0n) is 16.9. The molecule has 0 saturated heterocycles. The molecule has 6 nitrogen and oxygen atoms in total. The summed E-state index contributed by atoms with van der Waals surface area (Å²) in [5.74, 6) is 0.582. The van der Waals surface area contributed by atoms with Gasteiger partial charge in [-0.3, -0.25) is 4.79 Å². The third kappa shape index (κ3) is 4.66. The molecule has 6 heteroatoms. The number of amides is 1. The molecule has 0 spiro atoms. The molecular weight excluding hydrogens is 356 g/mol. The number of hydrogen-bond donors (Lipinski definition) is 2. The maximum absolute atomic E-state index is 12.6. The van der Waals surface area contributed by atoms with Crippen molar-refractivity contribution in [3.8, 4) is 5.75 Å². The van der Waals surface area contributed by atoms with Crippen molar-refractivity contribution >= 4 is 11.9 Å². The highest BCUT2D eigenvalue weighted by Gasteiger charge is 2.34. The number of benzene rings is 1. The van der Waals surface area contributed by atoms with E-state index >= 15 is 0 Å². The number of aryl methyl sites for hydroxylation is 1. The molecule has 2 saturated carbocycles. The number of nitrogens with two attached hydrogens (primary N) is 1. The molecule has 0 bridgehead atoms. The Labute approximate surface area is 167 Å². The smallest absolute Gasteiger partial charge is 0.335 e. The zero-order chi connectivity index (χ0) is 20.3. The van der Waals surface area contributed by atoms with Crippen molar-refractivity contribution in [2.45, 2.75) is 64.0 Å². The lowest BCUT2D eigenvalue weighted by Crippen LogP contribution is -2.52. The van der Waals surface area contributed by atoms with Gasteiger partial charge in [0.05, 0.1) is 18.2 Å². The van der Waals surface area contributed by atoms with Crippen molar-refractivity contribution in [3.05, 3.63) is 29.3 Å². The number of carbonyl (C=O) groups excluding carboxylic acids is 1. The average Bonchev–Trinajstić information content (AvgIpc) is 2.64. The van der Waals surface area contributed by atoms with Gasteiger partial charge in [-0.15, -0.1) is 0 Å². The van der Waals surface area contributed by atoms with E-state index in [1.165, 1.54) is 6.42 Å². The second-order valence-corrected chi connectivity index (χ2v) is 8.43. The molecule has 0 radical (unpaired) electrons. The molecule has 154 valence electrons. The van der Waals surface area contributed by atoms with Crippen LogP contribution in [0.5, 0.6) is 5.75 Å². The molecule has 2 aliphatic rings. The van der Waals surface area contributed by atoms with Gasteiger partial charge in [0, 0.05) is 13.1 Å². The molecule has 0 heterocycles. The van der Waals surface area contributed by atoms with E-state index in [0.717, 1.165) is 38.5 Å². The number of nitrogens with zero attached hydrogens (tertiary/aromatic N) is 1. The Morgan fingerprint density at radius 1 is 1.21 bits per heavy atom.